The average Bonchev–Trinajstić information content (AvgIpc) is 2.73. The highest BCUT2D eigenvalue weighted by Crippen LogP contribution is 2.09. The summed E-state index contributed by atoms with van der Waals surface area (Å²) in [5.41, 5.74) is 2.09. The van der Waals surface area contributed by atoms with Crippen LogP contribution in [-0.4, -0.2) is 28.9 Å². The molecule has 1 unspecified atom stereocenters. The van der Waals surface area contributed by atoms with Gasteiger partial charge in [-0.3, -0.25) is 14.8 Å². The highest BCUT2D eigenvalue weighted by molar-refractivity contribution is 5.75. The fraction of sp³-hybridized carbons (Fsp3) is 0.714. The average molecular weight is 267 g/mol. The van der Waals surface area contributed by atoms with E-state index in [0.717, 1.165) is 24.4 Å². The van der Waals surface area contributed by atoms with Crippen molar-refractivity contribution in [3.8, 4) is 0 Å². The van der Waals surface area contributed by atoms with Crippen LogP contribution in [0, 0.1) is 12.8 Å². The topological polar surface area (TPSA) is 56.2 Å². The second-order valence-corrected chi connectivity index (χ2v) is 5.18. The molecular formula is C14H25N3O2. The molecule has 0 bridgehead atoms. The summed E-state index contributed by atoms with van der Waals surface area (Å²) in [7, 11) is 1.43. The summed E-state index contributed by atoms with van der Waals surface area (Å²) >= 11 is 0. The Kier molecular flexibility index (Phi) is 6.02. The molecule has 0 aliphatic heterocycles. The molecule has 1 aromatic rings. The van der Waals surface area contributed by atoms with Gasteiger partial charge >= 0.3 is 5.97 Å². The molecule has 5 heteroatoms. The van der Waals surface area contributed by atoms with Gasteiger partial charge in [0, 0.05) is 13.1 Å². The van der Waals surface area contributed by atoms with Gasteiger partial charge in [-0.1, -0.05) is 13.8 Å². The molecule has 0 aliphatic carbocycles. The Labute approximate surface area is 115 Å². The van der Waals surface area contributed by atoms with Crippen molar-refractivity contribution in [1.82, 2.24) is 15.1 Å². The lowest BCUT2D eigenvalue weighted by molar-refractivity contribution is -0.143. The summed E-state index contributed by atoms with van der Waals surface area (Å²) in [6.45, 7) is 9.68. The maximum atomic E-state index is 11.7. The summed E-state index contributed by atoms with van der Waals surface area (Å²) in [6, 6.07) is 1.78. The standard InChI is InChI=1S/C14H25N3O2/c1-6-17-12(8-11(4)16-17)9-15-13(7-10(2)3)14(18)19-5/h8,10,13,15H,6-7,9H2,1-5H3. The molecule has 0 amide bonds. The first-order valence-electron chi connectivity index (χ1n) is 6.82. The van der Waals surface area contributed by atoms with Gasteiger partial charge in [-0.15, -0.1) is 0 Å². The summed E-state index contributed by atoms with van der Waals surface area (Å²) in [4.78, 5) is 11.7. The summed E-state index contributed by atoms with van der Waals surface area (Å²) in [5.74, 6) is 0.238. The van der Waals surface area contributed by atoms with Crippen LogP contribution in [-0.2, 0) is 22.6 Å². The number of esters is 1. The van der Waals surface area contributed by atoms with Gasteiger partial charge in [0.15, 0.2) is 0 Å². The first kappa shape index (κ1) is 15.7. The Morgan fingerprint density at radius 3 is 2.74 bits per heavy atom. The predicted molar refractivity (Wildman–Crippen MR) is 74.7 cm³/mol. The molecule has 0 spiro atoms. The van der Waals surface area contributed by atoms with Crippen molar-refractivity contribution >= 4 is 5.97 Å². The van der Waals surface area contributed by atoms with Crippen LogP contribution in [0.25, 0.3) is 0 Å². The van der Waals surface area contributed by atoms with Crippen LogP contribution in [0.5, 0.6) is 0 Å². The number of hydrogen-bond donors (Lipinski definition) is 1. The molecule has 0 fully saturated rings. The predicted octanol–water partition coefficient (Wildman–Crippen LogP) is 1.89. The third kappa shape index (κ3) is 4.67. The molecule has 0 radical (unpaired) electrons. The monoisotopic (exact) mass is 267 g/mol. The van der Waals surface area contributed by atoms with Gasteiger partial charge in [0.05, 0.1) is 18.5 Å². The zero-order valence-electron chi connectivity index (χ0n) is 12.6. The number of aromatic nitrogens is 2. The zero-order chi connectivity index (χ0) is 14.4. The van der Waals surface area contributed by atoms with E-state index in [1.54, 1.807) is 0 Å². The van der Waals surface area contributed by atoms with Crippen LogP contribution < -0.4 is 5.32 Å². The Morgan fingerprint density at radius 2 is 2.21 bits per heavy atom. The molecule has 1 rings (SSSR count). The zero-order valence-corrected chi connectivity index (χ0v) is 12.6. The van der Waals surface area contributed by atoms with E-state index < -0.39 is 0 Å². The van der Waals surface area contributed by atoms with Crippen LogP contribution in [0.4, 0.5) is 0 Å². The van der Waals surface area contributed by atoms with Crippen molar-refractivity contribution < 1.29 is 9.53 Å². The molecule has 1 heterocycles. The first-order valence-corrected chi connectivity index (χ1v) is 6.82. The molecule has 0 aromatic carbocycles. The quantitative estimate of drug-likeness (QED) is 0.766. The highest BCUT2D eigenvalue weighted by atomic mass is 16.5. The van der Waals surface area contributed by atoms with Gasteiger partial charge < -0.3 is 4.74 Å². The van der Waals surface area contributed by atoms with Crippen LogP contribution >= 0.6 is 0 Å². The summed E-state index contributed by atoms with van der Waals surface area (Å²) < 4.78 is 6.79. The number of methoxy groups -OCH3 is 1. The van der Waals surface area contributed by atoms with Gasteiger partial charge in [-0.05, 0) is 32.3 Å². The van der Waals surface area contributed by atoms with Gasteiger partial charge in [-0.2, -0.15) is 5.10 Å². The van der Waals surface area contributed by atoms with E-state index in [0.29, 0.717) is 12.5 Å². The number of hydrogen-bond acceptors (Lipinski definition) is 4. The maximum Gasteiger partial charge on any atom is 0.322 e. The molecule has 1 N–H and O–H groups in total. The van der Waals surface area contributed by atoms with E-state index in [4.69, 9.17) is 4.74 Å². The lowest BCUT2D eigenvalue weighted by Gasteiger charge is -2.18. The number of nitrogens with zero attached hydrogens (tertiary/aromatic N) is 2. The Morgan fingerprint density at radius 1 is 1.53 bits per heavy atom. The number of carbonyl (C=O) groups excluding carboxylic acids is 1. The minimum Gasteiger partial charge on any atom is -0.468 e. The van der Waals surface area contributed by atoms with E-state index in [2.05, 4.69) is 31.2 Å². The van der Waals surface area contributed by atoms with Gasteiger partial charge in [0.25, 0.3) is 0 Å². The fourth-order valence-corrected chi connectivity index (χ4v) is 2.12. The van der Waals surface area contributed by atoms with Crippen molar-refractivity contribution in [2.24, 2.45) is 5.92 Å². The Bertz CT molecular complexity index is 413. The molecule has 1 atom stereocenters. The molecule has 108 valence electrons. The minimum atomic E-state index is -0.259. The van der Waals surface area contributed by atoms with Crippen molar-refractivity contribution in [1.29, 1.82) is 0 Å². The molecule has 1 aromatic heterocycles. The van der Waals surface area contributed by atoms with E-state index in [9.17, 15) is 4.79 Å². The lowest BCUT2D eigenvalue weighted by atomic mass is 10.0. The molecule has 5 nitrogen and oxygen atoms in total. The third-order valence-electron chi connectivity index (χ3n) is 3.01. The number of aryl methyl sites for hydroxylation is 2. The third-order valence-corrected chi connectivity index (χ3v) is 3.01. The van der Waals surface area contributed by atoms with Crippen LogP contribution in [0.3, 0.4) is 0 Å². The van der Waals surface area contributed by atoms with Crippen LogP contribution in [0.2, 0.25) is 0 Å². The van der Waals surface area contributed by atoms with Crippen molar-refractivity contribution in [3.05, 3.63) is 17.5 Å². The SMILES string of the molecule is CCn1nc(C)cc1CNC(CC(C)C)C(=O)OC. The highest BCUT2D eigenvalue weighted by Gasteiger charge is 2.20. The summed E-state index contributed by atoms with van der Waals surface area (Å²) in [6.07, 6.45) is 0.770. The van der Waals surface area contributed by atoms with Gasteiger partial charge in [0.1, 0.15) is 6.04 Å². The molecule has 0 saturated carbocycles. The van der Waals surface area contributed by atoms with Gasteiger partial charge in [-0.25, -0.2) is 0 Å². The smallest absolute Gasteiger partial charge is 0.322 e. The number of ether oxygens (including phenoxy) is 1. The number of nitrogens with one attached hydrogen (secondary N) is 1. The Hall–Kier alpha value is -1.36. The lowest BCUT2D eigenvalue weighted by Crippen LogP contribution is -2.38. The van der Waals surface area contributed by atoms with E-state index in [1.165, 1.54) is 7.11 Å². The Balaban J connectivity index is 2.67. The summed E-state index contributed by atoms with van der Waals surface area (Å²) in [5, 5.41) is 7.66. The van der Waals surface area contributed by atoms with Crippen molar-refractivity contribution in [3.63, 3.8) is 0 Å². The molecule has 19 heavy (non-hydrogen) atoms. The van der Waals surface area contributed by atoms with E-state index in [-0.39, 0.29) is 12.0 Å². The second kappa shape index (κ2) is 7.28. The van der Waals surface area contributed by atoms with Crippen LogP contribution in [0.15, 0.2) is 6.07 Å². The normalized spacial score (nSPS) is 12.7. The maximum absolute atomic E-state index is 11.7. The largest absolute Gasteiger partial charge is 0.468 e. The molecular weight excluding hydrogens is 242 g/mol. The second-order valence-electron chi connectivity index (χ2n) is 5.18. The number of rotatable bonds is 7. The van der Waals surface area contributed by atoms with Crippen molar-refractivity contribution in [2.75, 3.05) is 7.11 Å². The van der Waals surface area contributed by atoms with E-state index >= 15 is 0 Å². The molecule has 0 aliphatic rings. The fourth-order valence-electron chi connectivity index (χ4n) is 2.12. The first-order chi connectivity index (χ1) is 8.97. The number of carbonyl (C=O) groups is 1. The van der Waals surface area contributed by atoms with E-state index in [1.807, 2.05) is 17.7 Å². The van der Waals surface area contributed by atoms with Crippen molar-refractivity contribution in [2.45, 2.75) is 53.2 Å². The van der Waals surface area contributed by atoms with Crippen LogP contribution in [0.1, 0.15) is 38.6 Å². The molecule has 0 saturated heterocycles. The van der Waals surface area contributed by atoms with Gasteiger partial charge in [0.2, 0.25) is 0 Å². The minimum absolute atomic E-state index is 0.201.